The Bertz CT molecular complexity index is 905. The van der Waals surface area contributed by atoms with Crippen molar-refractivity contribution in [3.63, 3.8) is 0 Å². The molecule has 3 rings (SSSR count). The largest absolute Gasteiger partial charge is 0.388 e. The Kier molecular flexibility index (Phi) is 14.0. The van der Waals surface area contributed by atoms with Crippen molar-refractivity contribution in [2.75, 3.05) is 32.1 Å². The highest BCUT2D eigenvalue weighted by atomic mass is 32.2. The van der Waals surface area contributed by atoms with E-state index < -0.39 is 24.3 Å². The zero-order valence-corrected chi connectivity index (χ0v) is 25.3. The van der Waals surface area contributed by atoms with Crippen molar-refractivity contribution >= 4 is 23.6 Å². The Balaban J connectivity index is 1.69. The molecule has 0 saturated heterocycles. The summed E-state index contributed by atoms with van der Waals surface area (Å²) < 4.78 is 0. The first kappa shape index (κ1) is 32.6. The van der Waals surface area contributed by atoms with Crippen LogP contribution in [0.2, 0.25) is 0 Å². The normalized spacial score (nSPS) is 19.8. The molecule has 0 unspecified atom stereocenters. The van der Waals surface area contributed by atoms with Crippen molar-refractivity contribution in [2.45, 2.75) is 88.5 Å². The summed E-state index contributed by atoms with van der Waals surface area (Å²) in [6, 6.07) is 8.78. The predicted molar refractivity (Wildman–Crippen MR) is 164 cm³/mol. The van der Waals surface area contributed by atoms with Crippen molar-refractivity contribution in [1.29, 1.82) is 0 Å². The van der Waals surface area contributed by atoms with Gasteiger partial charge in [0.2, 0.25) is 11.8 Å². The lowest BCUT2D eigenvalue weighted by Crippen LogP contribution is -2.55. The number of rotatable bonds is 18. The summed E-state index contributed by atoms with van der Waals surface area (Å²) in [5.74, 6) is 1.82. The molecule has 0 heterocycles. The summed E-state index contributed by atoms with van der Waals surface area (Å²) in [7, 11) is 4.09. The minimum Gasteiger partial charge on any atom is -0.388 e. The van der Waals surface area contributed by atoms with E-state index >= 15 is 0 Å². The SMILES string of the molecule is C=C[C@H](O)[C@H](O)[C@H](CC1CCCCC1)NC(=O)[C@H](CC1CC1)NC(=O)[C@@H](CSCCN(C)C)Cc1ccccc1. The van der Waals surface area contributed by atoms with Crippen LogP contribution in [0.15, 0.2) is 43.0 Å². The Labute approximate surface area is 245 Å². The number of carbonyl (C=O) groups is 2. The van der Waals surface area contributed by atoms with Crippen LogP contribution in [0.3, 0.4) is 0 Å². The molecule has 2 aliphatic rings. The Morgan fingerprint density at radius 2 is 1.68 bits per heavy atom. The van der Waals surface area contributed by atoms with Gasteiger partial charge in [-0.25, -0.2) is 0 Å². The molecule has 0 aromatic heterocycles. The third kappa shape index (κ3) is 11.6. The van der Waals surface area contributed by atoms with Crippen molar-refractivity contribution in [2.24, 2.45) is 17.8 Å². The second-order valence-corrected chi connectivity index (χ2v) is 13.2. The molecule has 5 atom stereocenters. The van der Waals surface area contributed by atoms with E-state index in [0.717, 1.165) is 56.4 Å². The lowest BCUT2D eigenvalue weighted by atomic mass is 9.83. The van der Waals surface area contributed by atoms with E-state index in [1.165, 1.54) is 12.5 Å². The predicted octanol–water partition coefficient (Wildman–Crippen LogP) is 3.79. The number of carbonyl (C=O) groups excluding carboxylic acids is 2. The van der Waals surface area contributed by atoms with Gasteiger partial charge in [0.25, 0.3) is 0 Å². The molecule has 8 heteroatoms. The highest BCUT2D eigenvalue weighted by Gasteiger charge is 2.35. The standard InChI is InChI=1S/C32H51N3O4S/c1-4-29(36)30(37)27(20-24-13-9-6-10-14-24)33-32(39)28(21-25-15-16-25)34-31(38)26(22-40-18-17-35(2)3)19-23-11-7-5-8-12-23/h4-5,7-8,11-12,24-30,36-37H,1,6,9-10,13-22H2,2-3H3,(H,33,39)(H,34,38)/t26-,27+,28+,29+,30-/m1/s1. The first-order valence-electron chi connectivity index (χ1n) is 15.1. The van der Waals surface area contributed by atoms with E-state index in [1.807, 2.05) is 44.4 Å². The fourth-order valence-corrected chi connectivity index (χ4v) is 6.75. The van der Waals surface area contributed by atoms with Crippen molar-refractivity contribution in [3.05, 3.63) is 48.6 Å². The van der Waals surface area contributed by atoms with Crippen molar-refractivity contribution in [3.8, 4) is 0 Å². The average molecular weight is 574 g/mol. The quantitative estimate of drug-likeness (QED) is 0.158. The summed E-state index contributed by atoms with van der Waals surface area (Å²) >= 11 is 1.77. The van der Waals surface area contributed by atoms with Crippen LogP contribution in [0.1, 0.15) is 63.4 Å². The summed E-state index contributed by atoms with van der Waals surface area (Å²) in [5, 5.41) is 27.4. The number of hydrogen-bond donors (Lipinski definition) is 4. The Hall–Kier alpha value is -1.87. The van der Waals surface area contributed by atoms with Crippen molar-refractivity contribution in [1.82, 2.24) is 15.5 Å². The van der Waals surface area contributed by atoms with E-state index in [-0.39, 0.29) is 17.7 Å². The van der Waals surface area contributed by atoms with Gasteiger partial charge in [-0.15, -0.1) is 6.58 Å². The molecule has 40 heavy (non-hydrogen) atoms. The van der Waals surface area contributed by atoms with Crippen LogP contribution in [0, 0.1) is 17.8 Å². The third-order valence-corrected chi connectivity index (χ3v) is 9.35. The molecule has 0 aliphatic heterocycles. The van der Waals surface area contributed by atoms with Crippen molar-refractivity contribution < 1.29 is 19.8 Å². The van der Waals surface area contributed by atoms with Crippen LogP contribution in [-0.4, -0.2) is 83.4 Å². The molecule has 0 spiro atoms. The molecule has 1 aromatic carbocycles. The maximum atomic E-state index is 13.7. The third-order valence-electron chi connectivity index (χ3n) is 8.24. The minimum absolute atomic E-state index is 0.0995. The van der Waals surface area contributed by atoms with Gasteiger partial charge in [0, 0.05) is 18.1 Å². The number of hydrogen-bond acceptors (Lipinski definition) is 6. The maximum absolute atomic E-state index is 13.7. The molecule has 224 valence electrons. The van der Waals surface area contributed by atoms with Gasteiger partial charge in [-0.1, -0.05) is 81.4 Å². The first-order chi connectivity index (χ1) is 19.3. The van der Waals surface area contributed by atoms with Gasteiger partial charge in [0.05, 0.1) is 18.1 Å². The molecule has 2 amide bonds. The lowest BCUT2D eigenvalue weighted by molar-refractivity contribution is -0.132. The molecular formula is C32H51N3O4S. The number of aliphatic hydroxyl groups excluding tert-OH is 2. The minimum atomic E-state index is -1.14. The second-order valence-electron chi connectivity index (χ2n) is 12.1. The number of nitrogens with zero attached hydrogens (tertiary/aromatic N) is 1. The maximum Gasteiger partial charge on any atom is 0.242 e. The number of benzene rings is 1. The van der Waals surface area contributed by atoms with E-state index in [1.54, 1.807) is 11.8 Å². The fraction of sp³-hybridized carbons (Fsp3) is 0.688. The van der Waals surface area contributed by atoms with E-state index in [9.17, 15) is 19.8 Å². The number of nitrogens with one attached hydrogen (secondary N) is 2. The van der Waals surface area contributed by atoms with Gasteiger partial charge < -0.3 is 25.7 Å². The summed E-state index contributed by atoms with van der Waals surface area (Å²) in [6.45, 7) is 4.56. The molecular weight excluding hydrogens is 522 g/mol. The summed E-state index contributed by atoms with van der Waals surface area (Å²) in [6.07, 6.45) is 8.68. The molecule has 0 radical (unpaired) electrons. The number of amides is 2. The van der Waals surface area contributed by atoms with Crippen LogP contribution < -0.4 is 10.6 Å². The zero-order chi connectivity index (χ0) is 28.9. The lowest BCUT2D eigenvalue weighted by Gasteiger charge is -2.33. The van der Waals surface area contributed by atoms with Crippen LogP contribution >= 0.6 is 11.8 Å². The van der Waals surface area contributed by atoms with Gasteiger partial charge >= 0.3 is 0 Å². The molecule has 0 bridgehead atoms. The fourth-order valence-electron chi connectivity index (χ4n) is 5.53. The molecule has 4 N–H and O–H groups in total. The first-order valence-corrected chi connectivity index (χ1v) is 16.3. The topological polar surface area (TPSA) is 102 Å². The van der Waals surface area contributed by atoms with Crippen LogP contribution in [0.25, 0.3) is 0 Å². The summed E-state index contributed by atoms with van der Waals surface area (Å²) in [5.41, 5.74) is 1.10. The molecule has 2 saturated carbocycles. The number of thioether (sulfide) groups is 1. The molecule has 1 aromatic rings. The van der Waals surface area contributed by atoms with E-state index in [2.05, 4.69) is 22.1 Å². The Morgan fingerprint density at radius 1 is 1.00 bits per heavy atom. The van der Waals surface area contributed by atoms with Gasteiger partial charge in [-0.2, -0.15) is 11.8 Å². The highest BCUT2D eigenvalue weighted by Crippen LogP contribution is 2.34. The van der Waals surface area contributed by atoms with Gasteiger partial charge in [0.1, 0.15) is 12.1 Å². The van der Waals surface area contributed by atoms with Gasteiger partial charge in [-0.3, -0.25) is 9.59 Å². The summed E-state index contributed by atoms with van der Waals surface area (Å²) in [4.78, 5) is 29.5. The van der Waals surface area contributed by atoms with Crippen LogP contribution in [0.4, 0.5) is 0 Å². The van der Waals surface area contributed by atoms with E-state index in [4.69, 9.17) is 0 Å². The van der Waals surface area contributed by atoms with Crippen LogP contribution in [0.5, 0.6) is 0 Å². The van der Waals surface area contributed by atoms with Gasteiger partial charge in [-0.05, 0) is 50.8 Å². The molecule has 2 fully saturated rings. The zero-order valence-electron chi connectivity index (χ0n) is 24.5. The Morgan fingerprint density at radius 3 is 2.30 bits per heavy atom. The second kappa shape index (κ2) is 17.2. The number of aliphatic hydroxyl groups is 2. The van der Waals surface area contributed by atoms with Gasteiger partial charge in [0.15, 0.2) is 0 Å². The highest BCUT2D eigenvalue weighted by molar-refractivity contribution is 7.99. The molecule has 7 nitrogen and oxygen atoms in total. The molecule has 2 aliphatic carbocycles. The monoisotopic (exact) mass is 573 g/mol. The van der Waals surface area contributed by atoms with E-state index in [0.29, 0.717) is 36.9 Å². The smallest absolute Gasteiger partial charge is 0.242 e. The average Bonchev–Trinajstić information content (AvgIpc) is 3.78. The van der Waals surface area contributed by atoms with Crippen LogP contribution in [-0.2, 0) is 16.0 Å².